The van der Waals surface area contributed by atoms with Gasteiger partial charge in [0.15, 0.2) is 0 Å². The predicted molar refractivity (Wildman–Crippen MR) is 86.5 cm³/mol. The van der Waals surface area contributed by atoms with Crippen LogP contribution < -0.4 is 10.6 Å². The summed E-state index contributed by atoms with van der Waals surface area (Å²) in [7, 11) is 0. The molecule has 0 spiro atoms. The lowest BCUT2D eigenvalue weighted by Gasteiger charge is -2.27. The van der Waals surface area contributed by atoms with Gasteiger partial charge in [0.05, 0.1) is 5.92 Å². The zero-order valence-corrected chi connectivity index (χ0v) is 12.9. The van der Waals surface area contributed by atoms with Gasteiger partial charge < -0.3 is 10.6 Å². The average molecular weight is 286 g/mol. The summed E-state index contributed by atoms with van der Waals surface area (Å²) in [6.45, 7) is 3.21. The minimum atomic E-state index is 0.0168. The summed E-state index contributed by atoms with van der Waals surface area (Å²) in [5.74, 6) is 1.05. The number of carbonyl (C=O) groups is 1. The van der Waals surface area contributed by atoms with Gasteiger partial charge in [0.25, 0.3) is 0 Å². The highest BCUT2D eigenvalue weighted by atomic mass is 16.1. The number of rotatable bonds is 2. The number of hydrogen-bond acceptors (Lipinski definition) is 2. The second-order valence-corrected chi connectivity index (χ2v) is 6.67. The molecule has 0 saturated heterocycles. The van der Waals surface area contributed by atoms with E-state index in [1.807, 2.05) is 12.1 Å². The third-order valence-corrected chi connectivity index (χ3v) is 5.00. The smallest absolute Gasteiger partial charge is 0.227 e. The second-order valence-electron chi connectivity index (χ2n) is 6.67. The molecule has 0 radical (unpaired) electrons. The van der Waals surface area contributed by atoms with E-state index in [0.717, 1.165) is 43.0 Å². The van der Waals surface area contributed by atoms with Gasteiger partial charge in [0.2, 0.25) is 5.91 Å². The van der Waals surface area contributed by atoms with Crippen LogP contribution in [-0.4, -0.2) is 18.5 Å². The first-order chi connectivity index (χ1) is 10.2. The van der Waals surface area contributed by atoms with Crippen LogP contribution in [0.25, 0.3) is 0 Å². The van der Waals surface area contributed by atoms with Crippen LogP contribution in [0.3, 0.4) is 0 Å². The van der Waals surface area contributed by atoms with Crippen molar-refractivity contribution in [2.75, 3.05) is 11.9 Å². The molecule has 1 aliphatic carbocycles. The third kappa shape index (κ3) is 3.39. The second kappa shape index (κ2) is 6.50. The van der Waals surface area contributed by atoms with Crippen molar-refractivity contribution in [3.63, 3.8) is 0 Å². The molecule has 1 aromatic carbocycles. The number of fused-ring (bicyclic) bond motifs is 1. The maximum Gasteiger partial charge on any atom is 0.227 e. The maximum atomic E-state index is 12.7. The molecule has 3 nitrogen and oxygen atoms in total. The Morgan fingerprint density at radius 2 is 2.00 bits per heavy atom. The fraction of sp³-hybridized carbons (Fsp3) is 0.611. The molecule has 3 heteroatoms. The minimum absolute atomic E-state index is 0.0168. The first-order valence-electron chi connectivity index (χ1n) is 8.37. The molecule has 0 aromatic heterocycles. The summed E-state index contributed by atoms with van der Waals surface area (Å²) in [5.41, 5.74) is 2.28. The van der Waals surface area contributed by atoms with E-state index < -0.39 is 0 Å². The van der Waals surface area contributed by atoms with E-state index in [-0.39, 0.29) is 11.8 Å². The van der Waals surface area contributed by atoms with Gasteiger partial charge in [0, 0.05) is 18.3 Å². The Balaban J connectivity index is 1.66. The molecule has 1 heterocycles. The molecule has 3 rings (SSSR count). The highest BCUT2D eigenvalue weighted by Crippen LogP contribution is 2.32. The monoisotopic (exact) mass is 286 g/mol. The molecule has 1 saturated carbocycles. The molecule has 1 aromatic rings. The Morgan fingerprint density at radius 1 is 1.14 bits per heavy atom. The van der Waals surface area contributed by atoms with Crippen LogP contribution in [0, 0.1) is 5.92 Å². The fourth-order valence-corrected chi connectivity index (χ4v) is 3.67. The average Bonchev–Trinajstić information content (AvgIpc) is 2.71. The zero-order chi connectivity index (χ0) is 14.7. The van der Waals surface area contributed by atoms with Gasteiger partial charge in [0.1, 0.15) is 0 Å². The third-order valence-electron chi connectivity index (χ3n) is 5.00. The van der Waals surface area contributed by atoms with Crippen molar-refractivity contribution in [1.82, 2.24) is 5.32 Å². The molecule has 1 aliphatic heterocycles. The van der Waals surface area contributed by atoms with E-state index in [1.165, 1.54) is 19.3 Å². The number of anilines is 1. The Morgan fingerprint density at radius 3 is 2.90 bits per heavy atom. The first-order valence-corrected chi connectivity index (χ1v) is 8.37. The van der Waals surface area contributed by atoms with Crippen molar-refractivity contribution in [3.05, 3.63) is 29.8 Å². The predicted octanol–water partition coefficient (Wildman–Crippen LogP) is 3.67. The number of para-hydroxylation sites is 1. The fourth-order valence-electron chi connectivity index (χ4n) is 3.67. The van der Waals surface area contributed by atoms with Crippen molar-refractivity contribution in [2.45, 2.75) is 57.4 Å². The number of carbonyl (C=O) groups excluding carboxylic acids is 1. The van der Waals surface area contributed by atoms with Crippen LogP contribution in [-0.2, 0) is 4.79 Å². The molecule has 21 heavy (non-hydrogen) atoms. The van der Waals surface area contributed by atoms with Gasteiger partial charge in [-0.05, 0) is 43.2 Å². The molecule has 3 unspecified atom stereocenters. The SMILES string of the molecule is CC1CCCC(NC(=O)C2CCNc3ccccc32)CC1. The molecule has 2 N–H and O–H groups in total. The number of hydrogen-bond donors (Lipinski definition) is 2. The van der Waals surface area contributed by atoms with Gasteiger partial charge in [-0.25, -0.2) is 0 Å². The highest BCUT2D eigenvalue weighted by Gasteiger charge is 2.28. The largest absolute Gasteiger partial charge is 0.385 e. The van der Waals surface area contributed by atoms with E-state index in [4.69, 9.17) is 0 Å². The van der Waals surface area contributed by atoms with E-state index in [2.05, 4.69) is 29.7 Å². The highest BCUT2D eigenvalue weighted by molar-refractivity contribution is 5.86. The van der Waals surface area contributed by atoms with Crippen molar-refractivity contribution in [1.29, 1.82) is 0 Å². The molecular formula is C18H26N2O. The Hall–Kier alpha value is -1.51. The molecule has 3 atom stereocenters. The van der Waals surface area contributed by atoms with Gasteiger partial charge in [-0.3, -0.25) is 4.79 Å². The summed E-state index contributed by atoms with van der Waals surface area (Å²) in [5, 5.41) is 6.71. The van der Waals surface area contributed by atoms with E-state index in [0.29, 0.717) is 6.04 Å². The first kappa shape index (κ1) is 14.4. The van der Waals surface area contributed by atoms with Crippen molar-refractivity contribution in [3.8, 4) is 0 Å². The van der Waals surface area contributed by atoms with Crippen LogP contribution in [0.4, 0.5) is 5.69 Å². The summed E-state index contributed by atoms with van der Waals surface area (Å²) >= 11 is 0. The van der Waals surface area contributed by atoms with Crippen LogP contribution in [0.2, 0.25) is 0 Å². The summed E-state index contributed by atoms with van der Waals surface area (Å²) in [4.78, 5) is 12.7. The van der Waals surface area contributed by atoms with Gasteiger partial charge in [-0.2, -0.15) is 0 Å². The molecule has 1 amide bonds. The Labute approximate surface area is 127 Å². The normalized spacial score (nSPS) is 28.9. The molecule has 1 fully saturated rings. The Kier molecular flexibility index (Phi) is 4.47. The van der Waals surface area contributed by atoms with Crippen molar-refractivity contribution in [2.24, 2.45) is 5.92 Å². The summed E-state index contributed by atoms with van der Waals surface area (Å²) in [6.07, 6.45) is 6.97. The van der Waals surface area contributed by atoms with Crippen molar-refractivity contribution >= 4 is 11.6 Å². The van der Waals surface area contributed by atoms with Gasteiger partial charge >= 0.3 is 0 Å². The van der Waals surface area contributed by atoms with Crippen LogP contribution >= 0.6 is 0 Å². The van der Waals surface area contributed by atoms with Gasteiger partial charge in [-0.15, -0.1) is 0 Å². The number of benzene rings is 1. The van der Waals surface area contributed by atoms with E-state index in [1.54, 1.807) is 0 Å². The molecule has 0 bridgehead atoms. The van der Waals surface area contributed by atoms with Crippen molar-refractivity contribution < 1.29 is 4.79 Å². The lowest BCUT2D eigenvalue weighted by molar-refractivity contribution is -0.123. The van der Waals surface area contributed by atoms with Crippen LogP contribution in [0.1, 0.15) is 56.9 Å². The lowest BCUT2D eigenvalue weighted by atomic mass is 9.90. The molecular weight excluding hydrogens is 260 g/mol. The number of amides is 1. The minimum Gasteiger partial charge on any atom is -0.385 e. The van der Waals surface area contributed by atoms with Crippen LogP contribution in [0.15, 0.2) is 24.3 Å². The molecule has 114 valence electrons. The van der Waals surface area contributed by atoms with Crippen LogP contribution in [0.5, 0.6) is 0 Å². The quantitative estimate of drug-likeness (QED) is 0.814. The number of nitrogens with one attached hydrogen (secondary N) is 2. The molecule has 2 aliphatic rings. The standard InChI is InChI=1S/C18H26N2O/c1-13-5-4-6-14(10-9-13)20-18(21)16-11-12-19-17-8-3-2-7-15(16)17/h2-3,7-8,13-14,16,19H,4-6,9-12H2,1H3,(H,20,21). The Bertz CT molecular complexity index is 500. The summed E-state index contributed by atoms with van der Waals surface area (Å²) < 4.78 is 0. The topological polar surface area (TPSA) is 41.1 Å². The van der Waals surface area contributed by atoms with Gasteiger partial charge in [-0.1, -0.05) is 38.0 Å². The van der Waals surface area contributed by atoms with E-state index >= 15 is 0 Å². The summed E-state index contributed by atoms with van der Waals surface area (Å²) in [6, 6.07) is 8.59. The van der Waals surface area contributed by atoms with E-state index in [9.17, 15) is 4.79 Å². The maximum absolute atomic E-state index is 12.7. The lowest BCUT2D eigenvalue weighted by Crippen LogP contribution is -2.39. The zero-order valence-electron chi connectivity index (χ0n) is 12.9.